The molecule has 0 radical (unpaired) electrons. The molecule has 23 heavy (non-hydrogen) atoms. The van der Waals surface area contributed by atoms with Gasteiger partial charge in [-0.3, -0.25) is 9.79 Å². The van der Waals surface area contributed by atoms with E-state index < -0.39 is 0 Å². The van der Waals surface area contributed by atoms with Gasteiger partial charge in [-0.2, -0.15) is 11.8 Å². The smallest absolute Gasteiger partial charge is 0.225 e. The van der Waals surface area contributed by atoms with Crippen LogP contribution in [0, 0.1) is 5.92 Å². The maximum Gasteiger partial charge on any atom is 0.225 e. The number of hydrogen-bond donors (Lipinski definition) is 2. The summed E-state index contributed by atoms with van der Waals surface area (Å²) in [5.74, 6) is 2.42. The topological polar surface area (TPSA) is 56.7 Å². The van der Waals surface area contributed by atoms with Crippen LogP contribution in [-0.4, -0.2) is 61.0 Å². The van der Waals surface area contributed by atoms with Gasteiger partial charge in [0.15, 0.2) is 5.96 Å². The monoisotopic (exact) mass is 456 g/mol. The van der Waals surface area contributed by atoms with E-state index in [1.54, 1.807) is 0 Å². The summed E-state index contributed by atoms with van der Waals surface area (Å²) in [6.45, 7) is 9.35. The third-order valence-electron chi connectivity index (χ3n) is 3.71. The molecule has 0 saturated carbocycles. The number of hydrogen-bond acceptors (Lipinski definition) is 3. The Hall–Kier alpha value is -0.180. The first-order valence-electron chi connectivity index (χ1n) is 8.41. The van der Waals surface area contributed by atoms with Crippen LogP contribution in [0.4, 0.5) is 0 Å². The summed E-state index contributed by atoms with van der Waals surface area (Å²) in [6, 6.07) is 0.312. The Morgan fingerprint density at radius 2 is 2.13 bits per heavy atom. The Balaban J connectivity index is 0.00000484. The molecular formula is C16H33IN4OS. The van der Waals surface area contributed by atoms with Crippen LogP contribution in [0.25, 0.3) is 0 Å². The van der Waals surface area contributed by atoms with Crippen molar-refractivity contribution in [1.82, 2.24) is 15.5 Å². The number of nitrogens with one attached hydrogen (secondary N) is 2. The lowest BCUT2D eigenvalue weighted by Gasteiger charge is -2.20. The van der Waals surface area contributed by atoms with Crippen LogP contribution < -0.4 is 10.6 Å². The molecule has 1 amide bonds. The lowest BCUT2D eigenvalue weighted by atomic mass is 10.2. The van der Waals surface area contributed by atoms with Gasteiger partial charge in [0.1, 0.15) is 0 Å². The molecule has 0 aromatic rings. The van der Waals surface area contributed by atoms with Gasteiger partial charge in [0, 0.05) is 38.1 Å². The zero-order valence-corrected chi connectivity index (χ0v) is 18.1. The molecular weight excluding hydrogens is 423 g/mol. The number of unbranched alkanes of at least 4 members (excludes halogenated alkanes) is 1. The van der Waals surface area contributed by atoms with E-state index in [9.17, 15) is 4.79 Å². The predicted octanol–water partition coefficient (Wildman–Crippen LogP) is 2.56. The number of carbonyl (C=O) groups excluding carboxylic acids is 1. The van der Waals surface area contributed by atoms with E-state index >= 15 is 0 Å². The molecule has 0 aromatic carbocycles. The van der Waals surface area contributed by atoms with Gasteiger partial charge < -0.3 is 15.5 Å². The zero-order valence-electron chi connectivity index (χ0n) is 14.9. The number of guanidine groups is 1. The molecule has 0 aromatic heterocycles. The van der Waals surface area contributed by atoms with Crippen molar-refractivity contribution < 1.29 is 4.79 Å². The second-order valence-corrected chi connectivity index (χ2v) is 7.02. The highest BCUT2D eigenvalue weighted by molar-refractivity contribution is 14.0. The molecule has 1 heterocycles. The number of amides is 1. The molecule has 0 spiro atoms. The highest BCUT2D eigenvalue weighted by atomic mass is 127. The highest BCUT2D eigenvalue weighted by Crippen LogP contribution is 2.12. The van der Waals surface area contributed by atoms with Gasteiger partial charge in [0.05, 0.1) is 0 Å². The van der Waals surface area contributed by atoms with Crippen molar-refractivity contribution in [2.24, 2.45) is 10.9 Å². The van der Waals surface area contributed by atoms with Gasteiger partial charge in [0.2, 0.25) is 5.91 Å². The van der Waals surface area contributed by atoms with Crippen molar-refractivity contribution in [3.05, 3.63) is 0 Å². The van der Waals surface area contributed by atoms with Gasteiger partial charge in [-0.15, -0.1) is 24.0 Å². The summed E-state index contributed by atoms with van der Waals surface area (Å²) in [5, 5.41) is 6.77. The molecule has 1 atom stereocenters. The number of halogens is 1. The first-order valence-corrected chi connectivity index (χ1v) is 9.80. The average molecular weight is 456 g/mol. The van der Waals surface area contributed by atoms with Crippen LogP contribution in [0.3, 0.4) is 0 Å². The third-order valence-corrected chi connectivity index (χ3v) is 4.40. The van der Waals surface area contributed by atoms with Crippen LogP contribution in [0.5, 0.6) is 0 Å². The molecule has 5 nitrogen and oxygen atoms in total. The summed E-state index contributed by atoms with van der Waals surface area (Å²) in [6.07, 6.45) is 5.47. The van der Waals surface area contributed by atoms with Crippen molar-refractivity contribution in [1.29, 1.82) is 0 Å². The van der Waals surface area contributed by atoms with E-state index in [0.717, 1.165) is 45.0 Å². The summed E-state index contributed by atoms with van der Waals surface area (Å²) in [5.41, 5.74) is 0. The van der Waals surface area contributed by atoms with E-state index in [4.69, 9.17) is 0 Å². The van der Waals surface area contributed by atoms with Gasteiger partial charge in [-0.25, -0.2) is 0 Å². The summed E-state index contributed by atoms with van der Waals surface area (Å²) < 4.78 is 0. The van der Waals surface area contributed by atoms with Gasteiger partial charge in [-0.1, -0.05) is 13.8 Å². The third kappa shape index (κ3) is 9.02. The fraction of sp³-hybridized carbons (Fsp3) is 0.875. The number of carbonyl (C=O) groups is 1. The SMILES string of the molecule is CCNC(=NCCCCSC)NC1CCN(C(=O)C(C)C)C1.I. The lowest BCUT2D eigenvalue weighted by molar-refractivity contribution is -0.133. The number of nitrogens with zero attached hydrogens (tertiary/aromatic N) is 2. The van der Waals surface area contributed by atoms with E-state index in [1.807, 2.05) is 30.5 Å². The van der Waals surface area contributed by atoms with Gasteiger partial charge in [0.25, 0.3) is 0 Å². The molecule has 1 aliphatic rings. The molecule has 136 valence electrons. The maximum atomic E-state index is 12.0. The Labute approximate surface area is 162 Å². The molecule has 2 N–H and O–H groups in total. The van der Waals surface area contributed by atoms with E-state index in [0.29, 0.717) is 6.04 Å². The Morgan fingerprint density at radius 1 is 1.39 bits per heavy atom. The van der Waals surface area contributed by atoms with Crippen LogP contribution in [0.1, 0.15) is 40.0 Å². The Kier molecular flexibility index (Phi) is 13.0. The van der Waals surface area contributed by atoms with Crippen LogP contribution in [0.2, 0.25) is 0 Å². The van der Waals surface area contributed by atoms with Crippen LogP contribution >= 0.6 is 35.7 Å². The molecule has 1 aliphatic heterocycles. The molecule has 1 fully saturated rings. The van der Waals surface area contributed by atoms with Crippen molar-refractivity contribution in [2.75, 3.05) is 38.2 Å². The van der Waals surface area contributed by atoms with Crippen molar-refractivity contribution in [3.63, 3.8) is 0 Å². The maximum absolute atomic E-state index is 12.0. The first kappa shape index (κ1) is 22.8. The normalized spacial score (nSPS) is 18.0. The van der Waals surface area contributed by atoms with E-state index in [2.05, 4.69) is 28.8 Å². The van der Waals surface area contributed by atoms with E-state index in [-0.39, 0.29) is 35.8 Å². The fourth-order valence-electron chi connectivity index (χ4n) is 2.51. The van der Waals surface area contributed by atoms with E-state index in [1.165, 1.54) is 12.2 Å². The quantitative estimate of drug-likeness (QED) is 0.255. The summed E-state index contributed by atoms with van der Waals surface area (Å²) in [4.78, 5) is 18.6. The molecule has 7 heteroatoms. The zero-order chi connectivity index (χ0) is 16.4. The number of likely N-dealkylation sites (tertiary alicyclic amines) is 1. The first-order chi connectivity index (χ1) is 10.6. The second kappa shape index (κ2) is 13.1. The lowest BCUT2D eigenvalue weighted by Crippen LogP contribution is -2.45. The minimum absolute atomic E-state index is 0. The van der Waals surface area contributed by atoms with Crippen molar-refractivity contribution in [3.8, 4) is 0 Å². The molecule has 1 saturated heterocycles. The van der Waals surface area contributed by atoms with Crippen LogP contribution in [0.15, 0.2) is 4.99 Å². The standard InChI is InChI=1S/C16H32N4OS.HI/c1-5-17-16(18-9-6-7-11-22-4)19-14-8-10-20(12-14)15(21)13(2)3;/h13-14H,5-12H2,1-4H3,(H2,17,18,19);1H. The van der Waals surface area contributed by atoms with Crippen molar-refractivity contribution in [2.45, 2.75) is 46.1 Å². The Morgan fingerprint density at radius 3 is 2.74 bits per heavy atom. The molecule has 0 aliphatic carbocycles. The molecule has 1 rings (SSSR count). The predicted molar refractivity (Wildman–Crippen MR) is 112 cm³/mol. The highest BCUT2D eigenvalue weighted by Gasteiger charge is 2.27. The minimum atomic E-state index is 0. The fourth-order valence-corrected chi connectivity index (χ4v) is 3.00. The van der Waals surface area contributed by atoms with Gasteiger partial charge >= 0.3 is 0 Å². The van der Waals surface area contributed by atoms with Gasteiger partial charge in [-0.05, 0) is 38.2 Å². The minimum Gasteiger partial charge on any atom is -0.357 e. The number of thioether (sulfide) groups is 1. The molecule has 1 unspecified atom stereocenters. The average Bonchev–Trinajstić information content (AvgIpc) is 2.94. The number of aliphatic imine (C=N–C) groups is 1. The van der Waals surface area contributed by atoms with Crippen molar-refractivity contribution >= 4 is 47.6 Å². The summed E-state index contributed by atoms with van der Waals surface area (Å²) >= 11 is 1.88. The molecule has 0 bridgehead atoms. The summed E-state index contributed by atoms with van der Waals surface area (Å²) in [7, 11) is 0. The Bertz CT molecular complexity index is 366. The largest absolute Gasteiger partial charge is 0.357 e. The second-order valence-electron chi connectivity index (χ2n) is 6.03. The number of rotatable bonds is 8. The van der Waals surface area contributed by atoms with Crippen LogP contribution in [-0.2, 0) is 4.79 Å².